The zero-order chi connectivity index (χ0) is 21.1. The minimum Gasteiger partial charge on any atom is -0.480 e. The molecule has 1 aromatic carbocycles. The number of unbranched alkanes of at least 4 members (excludes halogenated alkanes) is 1. The van der Waals surface area contributed by atoms with Crippen molar-refractivity contribution in [3.63, 3.8) is 0 Å². The summed E-state index contributed by atoms with van der Waals surface area (Å²) >= 11 is 0. The van der Waals surface area contributed by atoms with E-state index in [2.05, 4.69) is 17.3 Å². The van der Waals surface area contributed by atoms with E-state index in [0.29, 0.717) is 25.4 Å². The molecule has 6 nitrogen and oxygen atoms in total. The van der Waals surface area contributed by atoms with Crippen LogP contribution >= 0.6 is 0 Å². The summed E-state index contributed by atoms with van der Waals surface area (Å²) in [6.07, 6.45) is 7.68. The van der Waals surface area contributed by atoms with Crippen LogP contribution in [0.1, 0.15) is 63.9 Å². The van der Waals surface area contributed by atoms with Gasteiger partial charge in [0.2, 0.25) is 0 Å². The van der Waals surface area contributed by atoms with Crippen molar-refractivity contribution in [1.82, 2.24) is 0 Å². The van der Waals surface area contributed by atoms with Gasteiger partial charge in [0.05, 0.1) is 11.3 Å². The predicted octanol–water partition coefficient (Wildman–Crippen LogP) is 4.28. The second kappa shape index (κ2) is 11.9. The van der Waals surface area contributed by atoms with Crippen LogP contribution in [-0.4, -0.2) is 45.9 Å². The molecule has 0 heterocycles. The molecule has 29 heavy (non-hydrogen) atoms. The van der Waals surface area contributed by atoms with Crippen molar-refractivity contribution in [2.24, 2.45) is 17.0 Å². The topological polar surface area (TPSA) is 99.4 Å². The quantitative estimate of drug-likeness (QED) is 0.258. The van der Waals surface area contributed by atoms with E-state index in [4.69, 9.17) is 9.84 Å². The van der Waals surface area contributed by atoms with Crippen molar-refractivity contribution >= 4 is 11.7 Å². The van der Waals surface area contributed by atoms with E-state index in [1.165, 1.54) is 5.56 Å². The van der Waals surface area contributed by atoms with E-state index in [-0.39, 0.29) is 12.5 Å². The lowest BCUT2D eigenvalue weighted by molar-refractivity contribution is -0.142. The van der Waals surface area contributed by atoms with Crippen LogP contribution in [0.15, 0.2) is 35.5 Å². The normalized spacial score (nSPS) is 22.6. The first-order valence-corrected chi connectivity index (χ1v) is 10.7. The standard InChI is InChI=1S/C23H35NO5/c1-23(27,14-12-18-7-3-2-4-8-18)15-13-20-19(10-11-21(20)24-28)9-5-6-16-29-17-22(25)26/h2-4,7-8,19-20,27-28H,5-6,9-17H2,1H3,(H,25,26)/b24-21-/t19-,20?,23?/m0/s1. The molecule has 1 aromatic rings. The Labute approximate surface area is 173 Å². The maximum absolute atomic E-state index is 10.8. The molecule has 0 bridgehead atoms. The molecule has 0 radical (unpaired) electrons. The number of benzene rings is 1. The first-order chi connectivity index (χ1) is 13.9. The summed E-state index contributed by atoms with van der Waals surface area (Å²) < 4.78 is 5.09. The molecule has 0 amide bonds. The Balaban J connectivity index is 1.76. The summed E-state index contributed by atoms with van der Waals surface area (Å²) in [5, 5.41) is 32.3. The molecule has 1 aliphatic carbocycles. The average Bonchev–Trinajstić information content (AvgIpc) is 3.10. The van der Waals surface area contributed by atoms with Gasteiger partial charge in [-0.1, -0.05) is 41.9 Å². The lowest BCUT2D eigenvalue weighted by Gasteiger charge is -2.27. The van der Waals surface area contributed by atoms with Gasteiger partial charge >= 0.3 is 5.97 Å². The van der Waals surface area contributed by atoms with E-state index < -0.39 is 11.6 Å². The number of ether oxygens (including phenoxy) is 1. The van der Waals surface area contributed by atoms with Crippen LogP contribution in [0.2, 0.25) is 0 Å². The smallest absolute Gasteiger partial charge is 0.329 e. The number of carbonyl (C=O) groups is 1. The van der Waals surface area contributed by atoms with Gasteiger partial charge in [-0.2, -0.15) is 0 Å². The Morgan fingerprint density at radius 3 is 2.66 bits per heavy atom. The molecule has 3 atom stereocenters. The first-order valence-electron chi connectivity index (χ1n) is 10.7. The molecule has 0 saturated heterocycles. The molecular weight excluding hydrogens is 370 g/mol. The van der Waals surface area contributed by atoms with E-state index in [1.54, 1.807) is 0 Å². The van der Waals surface area contributed by atoms with Crippen molar-refractivity contribution < 1.29 is 25.0 Å². The fourth-order valence-electron chi connectivity index (χ4n) is 4.28. The summed E-state index contributed by atoms with van der Waals surface area (Å²) in [6.45, 7) is 2.11. The monoisotopic (exact) mass is 405 g/mol. The zero-order valence-corrected chi connectivity index (χ0v) is 17.4. The van der Waals surface area contributed by atoms with Crippen LogP contribution in [0, 0.1) is 11.8 Å². The van der Waals surface area contributed by atoms with Crippen molar-refractivity contribution in [3.8, 4) is 0 Å². The van der Waals surface area contributed by atoms with E-state index in [0.717, 1.165) is 50.7 Å². The molecule has 2 rings (SSSR count). The van der Waals surface area contributed by atoms with Crippen LogP contribution in [0.25, 0.3) is 0 Å². The Morgan fingerprint density at radius 2 is 1.97 bits per heavy atom. The number of hydrogen-bond donors (Lipinski definition) is 3. The van der Waals surface area contributed by atoms with Gasteiger partial charge in [-0.3, -0.25) is 0 Å². The van der Waals surface area contributed by atoms with E-state index >= 15 is 0 Å². The fraction of sp³-hybridized carbons (Fsp3) is 0.652. The van der Waals surface area contributed by atoms with E-state index in [1.807, 2.05) is 25.1 Å². The van der Waals surface area contributed by atoms with Crippen LogP contribution in [0.5, 0.6) is 0 Å². The fourth-order valence-corrected chi connectivity index (χ4v) is 4.28. The SMILES string of the molecule is CC(O)(CCc1ccccc1)CCC1/C(=N\O)CC[C@@H]1CCCCOCC(=O)O. The van der Waals surface area contributed by atoms with Crippen LogP contribution < -0.4 is 0 Å². The number of oxime groups is 1. The van der Waals surface area contributed by atoms with Gasteiger partial charge in [-0.25, -0.2) is 4.79 Å². The molecule has 0 aliphatic heterocycles. The molecule has 0 spiro atoms. The zero-order valence-electron chi connectivity index (χ0n) is 17.4. The predicted molar refractivity (Wildman–Crippen MR) is 112 cm³/mol. The molecule has 2 unspecified atom stereocenters. The largest absolute Gasteiger partial charge is 0.480 e. The van der Waals surface area contributed by atoms with Crippen molar-refractivity contribution in [1.29, 1.82) is 0 Å². The molecule has 3 N–H and O–H groups in total. The molecule has 1 fully saturated rings. The molecule has 6 heteroatoms. The number of carboxylic acids is 1. The van der Waals surface area contributed by atoms with Gasteiger partial charge in [-0.05, 0) is 69.8 Å². The summed E-state index contributed by atoms with van der Waals surface area (Å²) in [5.41, 5.74) is 1.35. The maximum atomic E-state index is 10.8. The summed E-state index contributed by atoms with van der Waals surface area (Å²) in [4.78, 5) is 10.5. The number of aliphatic hydroxyl groups is 1. The molecule has 0 aromatic heterocycles. The van der Waals surface area contributed by atoms with Crippen molar-refractivity contribution in [3.05, 3.63) is 35.9 Å². The minimum atomic E-state index is -0.941. The Kier molecular flexibility index (Phi) is 9.61. The lowest BCUT2D eigenvalue weighted by Crippen LogP contribution is -2.27. The second-order valence-electron chi connectivity index (χ2n) is 8.46. The second-order valence-corrected chi connectivity index (χ2v) is 8.46. The van der Waals surface area contributed by atoms with Gasteiger partial charge in [0.15, 0.2) is 0 Å². The first kappa shape index (κ1) is 23.4. The molecule has 162 valence electrons. The summed E-state index contributed by atoms with van der Waals surface area (Å²) in [5.74, 6) is -0.280. The Bertz CT molecular complexity index is 644. The van der Waals surface area contributed by atoms with Gasteiger partial charge in [0, 0.05) is 12.5 Å². The maximum Gasteiger partial charge on any atom is 0.329 e. The summed E-state index contributed by atoms with van der Waals surface area (Å²) in [6, 6.07) is 10.2. The number of aliphatic carboxylic acids is 1. The highest BCUT2D eigenvalue weighted by molar-refractivity contribution is 5.88. The van der Waals surface area contributed by atoms with E-state index in [9.17, 15) is 15.1 Å². The van der Waals surface area contributed by atoms with Crippen LogP contribution in [-0.2, 0) is 16.0 Å². The molecule has 1 saturated carbocycles. The number of aryl methyl sites for hydroxylation is 1. The highest BCUT2D eigenvalue weighted by Gasteiger charge is 2.34. The average molecular weight is 406 g/mol. The Hall–Kier alpha value is -1.92. The minimum absolute atomic E-state index is 0.211. The third kappa shape index (κ3) is 8.54. The highest BCUT2D eigenvalue weighted by Crippen LogP contribution is 2.38. The van der Waals surface area contributed by atoms with Gasteiger partial charge in [0.25, 0.3) is 0 Å². The Morgan fingerprint density at radius 1 is 1.21 bits per heavy atom. The third-order valence-corrected chi connectivity index (χ3v) is 6.02. The number of rotatable bonds is 13. The van der Waals surface area contributed by atoms with Crippen LogP contribution in [0.4, 0.5) is 0 Å². The van der Waals surface area contributed by atoms with Crippen molar-refractivity contribution in [2.75, 3.05) is 13.2 Å². The molecular formula is C23H35NO5. The van der Waals surface area contributed by atoms with Gasteiger partial charge in [-0.15, -0.1) is 0 Å². The lowest BCUT2D eigenvalue weighted by atomic mass is 9.82. The summed E-state index contributed by atoms with van der Waals surface area (Å²) in [7, 11) is 0. The van der Waals surface area contributed by atoms with Crippen LogP contribution in [0.3, 0.4) is 0 Å². The number of nitrogens with zero attached hydrogens (tertiary/aromatic N) is 1. The van der Waals surface area contributed by atoms with Crippen molar-refractivity contribution in [2.45, 2.75) is 70.3 Å². The van der Waals surface area contributed by atoms with Gasteiger partial charge < -0.3 is 20.2 Å². The third-order valence-electron chi connectivity index (χ3n) is 6.02. The molecule has 1 aliphatic rings. The number of hydrogen-bond acceptors (Lipinski definition) is 5. The number of carboxylic acid groups (broad SMARTS) is 1. The highest BCUT2D eigenvalue weighted by atomic mass is 16.5. The van der Waals surface area contributed by atoms with Gasteiger partial charge in [0.1, 0.15) is 6.61 Å².